The smallest absolute Gasteiger partial charge is 0.305 e. The Balaban J connectivity index is 2.03. The molecule has 0 spiro atoms. The zero-order valence-corrected chi connectivity index (χ0v) is 8.43. The number of carbonyl (C=O) groups is 3. The lowest BCUT2D eigenvalue weighted by molar-refractivity contribution is -0.202. The molecule has 3 aliphatic heterocycles. The van der Waals surface area contributed by atoms with Crippen molar-refractivity contribution in [3.05, 3.63) is 12.2 Å². The average molecular weight is 223 g/mol. The van der Waals surface area contributed by atoms with Gasteiger partial charge in [0.25, 0.3) is 0 Å². The summed E-state index contributed by atoms with van der Waals surface area (Å²) in [7, 11) is 0. The van der Waals surface area contributed by atoms with E-state index in [-0.39, 0.29) is 5.91 Å². The van der Waals surface area contributed by atoms with Crippen LogP contribution in [0.5, 0.6) is 0 Å². The third-order valence-corrected chi connectivity index (χ3v) is 3.12. The van der Waals surface area contributed by atoms with E-state index in [0.717, 1.165) is 0 Å². The molecule has 2 fully saturated rings. The number of ether oxygens (including phenoxy) is 2. The second-order valence-electron chi connectivity index (χ2n) is 4.11. The van der Waals surface area contributed by atoms with Crippen LogP contribution in [0, 0.1) is 11.8 Å². The first-order chi connectivity index (χ1) is 7.53. The maximum Gasteiger partial charge on any atom is 0.305 e. The van der Waals surface area contributed by atoms with Gasteiger partial charge < -0.3 is 9.47 Å². The topological polar surface area (TPSA) is 81.7 Å². The van der Waals surface area contributed by atoms with Gasteiger partial charge in [0, 0.05) is 6.92 Å². The molecule has 0 aliphatic carbocycles. The Morgan fingerprint density at radius 3 is 2.94 bits per heavy atom. The zero-order valence-electron chi connectivity index (χ0n) is 8.43. The largest absolute Gasteiger partial charge is 0.428 e. The summed E-state index contributed by atoms with van der Waals surface area (Å²) < 4.78 is 10.5. The van der Waals surface area contributed by atoms with Crippen LogP contribution in [0.15, 0.2) is 12.2 Å². The molecule has 0 saturated carbocycles. The first-order valence-corrected chi connectivity index (χ1v) is 4.95. The molecular formula is C10H9NO5. The van der Waals surface area contributed by atoms with E-state index in [1.165, 1.54) is 6.92 Å². The van der Waals surface area contributed by atoms with Crippen LogP contribution >= 0.6 is 0 Å². The summed E-state index contributed by atoms with van der Waals surface area (Å²) in [5, 5.41) is 2.23. The van der Waals surface area contributed by atoms with E-state index in [4.69, 9.17) is 9.47 Å². The Hall–Kier alpha value is -1.69. The van der Waals surface area contributed by atoms with Gasteiger partial charge in [-0.3, -0.25) is 19.7 Å². The van der Waals surface area contributed by atoms with Crippen molar-refractivity contribution in [3.63, 3.8) is 0 Å². The van der Waals surface area contributed by atoms with E-state index in [1.54, 1.807) is 12.2 Å². The zero-order chi connectivity index (χ0) is 11.5. The Morgan fingerprint density at radius 2 is 2.25 bits per heavy atom. The third kappa shape index (κ3) is 0.969. The number of carbonyl (C=O) groups excluding carboxylic acids is 3. The fraction of sp³-hybridized carbons (Fsp3) is 0.500. The second kappa shape index (κ2) is 2.70. The minimum Gasteiger partial charge on any atom is -0.428 e. The van der Waals surface area contributed by atoms with Gasteiger partial charge in [0.05, 0.1) is 12.0 Å². The SMILES string of the molecule is CC(=O)O[C@]12C=C[C@H](O1)[C@@H]1C(=O)NC(=O)[C@@H]12. The number of hydrogen-bond donors (Lipinski definition) is 1. The lowest BCUT2D eigenvalue weighted by atomic mass is 9.83. The van der Waals surface area contributed by atoms with Crippen molar-refractivity contribution in [2.45, 2.75) is 18.8 Å². The fourth-order valence-corrected chi connectivity index (χ4v) is 2.61. The van der Waals surface area contributed by atoms with Crippen LogP contribution in [0.4, 0.5) is 0 Å². The van der Waals surface area contributed by atoms with Gasteiger partial charge in [-0.25, -0.2) is 0 Å². The molecule has 0 unspecified atom stereocenters. The highest BCUT2D eigenvalue weighted by Crippen LogP contribution is 2.50. The van der Waals surface area contributed by atoms with E-state index in [9.17, 15) is 14.4 Å². The van der Waals surface area contributed by atoms with Crippen LogP contribution in [0.25, 0.3) is 0 Å². The highest BCUT2D eigenvalue weighted by atomic mass is 16.7. The van der Waals surface area contributed by atoms with Crippen molar-refractivity contribution in [2.24, 2.45) is 11.8 Å². The summed E-state index contributed by atoms with van der Waals surface area (Å²) in [4.78, 5) is 34.1. The van der Waals surface area contributed by atoms with Crippen molar-refractivity contribution in [2.75, 3.05) is 0 Å². The Morgan fingerprint density at radius 1 is 1.50 bits per heavy atom. The predicted octanol–water partition coefficient (Wildman–Crippen LogP) is -0.897. The molecule has 84 valence electrons. The Bertz CT molecular complexity index is 442. The highest BCUT2D eigenvalue weighted by Gasteiger charge is 2.67. The maximum absolute atomic E-state index is 11.6. The standard InChI is InChI=1S/C10H9NO5/c1-4(12)15-10-3-2-5(16-10)6-7(10)9(14)11-8(6)13/h2-3,5-7H,1H3,(H,11,13,14)/t5-,6-,7+,10+/m0/s1. The van der Waals surface area contributed by atoms with Gasteiger partial charge in [-0.15, -0.1) is 0 Å². The first kappa shape index (κ1) is 9.53. The summed E-state index contributed by atoms with van der Waals surface area (Å²) >= 11 is 0. The highest BCUT2D eigenvalue weighted by molar-refractivity contribution is 6.07. The van der Waals surface area contributed by atoms with Crippen molar-refractivity contribution in [3.8, 4) is 0 Å². The normalized spacial score (nSPS) is 43.4. The second-order valence-corrected chi connectivity index (χ2v) is 4.11. The number of nitrogens with one attached hydrogen (secondary N) is 1. The summed E-state index contributed by atoms with van der Waals surface area (Å²) in [6.07, 6.45) is 2.72. The summed E-state index contributed by atoms with van der Waals surface area (Å²) in [5.74, 6) is -4.05. The van der Waals surface area contributed by atoms with Gasteiger partial charge >= 0.3 is 5.97 Å². The molecule has 6 nitrogen and oxygen atoms in total. The molecule has 3 aliphatic rings. The summed E-state index contributed by atoms with van der Waals surface area (Å²) in [5.41, 5.74) is 0. The molecule has 6 heteroatoms. The Kier molecular flexibility index (Phi) is 1.61. The number of esters is 1. The van der Waals surface area contributed by atoms with E-state index in [2.05, 4.69) is 5.32 Å². The van der Waals surface area contributed by atoms with Crippen LogP contribution in [-0.2, 0) is 23.9 Å². The van der Waals surface area contributed by atoms with E-state index in [0.29, 0.717) is 0 Å². The molecule has 1 N–H and O–H groups in total. The molecule has 2 saturated heterocycles. The van der Waals surface area contributed by atoms with Gasteiger partial charge in [0.2, 0.25) is 17.6 Å². The third-order valence-electron chi connectivity index (χ3n) is 3.12. The first-order valence-electron chi connectivity index (χ1n) is 4.95. The van der Waals surface area contributed by atoms with Gasteiger partial charge in [0.1, 0.15) is 5.92 Å². The van der Waals surface area contributed by atoms with Gasteiger partial charge in [-0.2, -0.15) is 0 Å². The van der Waals surface area contributed by atoms with E-state index < -0.39 is 35.6 Å². The van der Waals surface area contributed by atoms with Gasteiger partial charge in [-0.05, 0) is 6.08 Å². The predicted molar refractivity (Wildman–Crippen MR) is 48.6 cm³/mol. The summed E-state index contributed by atoms with van der Waals surface area (Å²) in [6.45, 7) is 1.24. The minimum atomic E-state index is -1.38. The number of hydrogen-bond acceptors (Lipinski definition) is 5. The van der Waals surface area contributed by atoms with Crippen LogP contribution in [0.1, 0.15) is 6.92 Å². The molecule has 2 bridgehead atoms. The van der Waals surface area contributed by atoms with Crippen molar-refractivity contribution in [1.82, 2.24) is 5.32 Å². The van der Waals surface area contributed by atoms with Crippen molar-refractivity contribution >= 4 is 17.8 Å². The fourth-order valence-electron chi connectivity index (χ4n) is 2.61. The molecule has 16 heavy (non-hydrogen) atoms. The molecule has 0 aromatic carbocycles. The van der Waals surface area contributed by atoms with Gasteiger partial charge in [-0.1, -0.05) is 6.08 Å². The van der Waals surface area contributed by atoms with Crippen molar-refractivity contribution in [1.29, 1.82) is 0 Å². The molecule has 0 radical (unpaired) electrons. The molecule has 3 rings (SSSR count). The molecular weight excluding hydrogens is 214 g/mol. The lowest BCUT2D eigenvalue weighted by Gasteiger charge is -2.26. The monoisotopic (exact) mass is 223 g/mol. The van der Waals surface area contributed by atoms with Crippen LogP contribution in [-0.4, -0.2) is 29.7 Å². The molecule has 4 atom stereocenters. The van der Waals surface area contributed by atoms with E-state index >= 15 is 0 Å². The number of imide groups is 1. The van der Waals surface area contributed by atoms with Crippen LogP contribution in [0.3, 0.4) is 0 Å². The number of amides is 2. The molecule has 0 aromatic rings. The molecule has 0 aromatic heterocycles. The lowest BCUT2D eigenvalue weighted by Crippen LogP contribution is -2.42. The minimum absolute atomic E-state index is 0.363. The molecule has 3 heterocycles. The average Bonchev–Trinajstić information content (AvgIpc) is 2.77. The van der Waals surface area contributed by atoms with Crippen molar-refractivity contribution < 1.29 is 23.9 Å². The molecule has 2 amide bonds. The van der Waals surface area contributed by atoms with Gasteiger partial charge in [0.15, 0.2) is 0 Å². The van der Waals surface area contributed by atoms with Crippen LogP contribution in [0.2, 0.25) is 0 Å². The number of rotatable bonds is 1. The quantitative estimate of drug-likeness (QED) is 0.354. The summed E-state index contributed by atoms with van der Waals surface area (Å²) in [6, 6.07) is 0. The maximum atomic E-state index is 11.6. The Labute approximate surface area is 90.6 Å². The van der Waals surface area contributed by atoms with Crippen LogP contribution < -0.4 is 5.32 Å². The van der Waals surface area contributed by atoms with E-state index in [1.807, 2.05) is 0 Å². The number of fused-ring (bicyclic) bond motifs is 5.